The second-order valence-electron chi connectivity index (χ2n) is 6.18. The van der Waals surface area contributed by atoms with E-state index in [1.54, 1.807) is 44.7 Å². The largest absolute Gasteiger partial charge is 0.497 e. The summed E-state index contributed by atoms with van der Waals surface area (Å²) in [4.78, 5) is 26.0. The molecule has 1 N–H and O–H groups in total. The smallest absolute Gasteiger partial charge is 0.274 e. The van der Waals surface area contributed by atoms with E-state index in [2.05, 4.69) is 32.0 Å². The number of rotatable bonds is 6. The minimum atomic E-state index is -0.322. The summed E-state index contributed by atoms with van der Waals surface area (Å²) >= 11 is 0. The molecule has 3 rings (SSSR count). The maximum atomic E-state index is 12.7. The number of piperazine rings is 1. The third-order valence-electron chi connectivity index (χ3n) is 4.63. The van der Waals surface area contributed by atoms with Crippen LogP contribution in [0.5, 0.6) is 11.5 Å². The lowest BCUT2D eigenvalue weighted by Crippen LogP contribution is -2.46. The number of nitrogens with zero attached hydrogens (tertiary/aromatic N) is 4. The summed E-state index contributed by atoms with van der Waals surface area (Å²) in [6, 6.07) is 6.83. The molecule has 0 spiro atoms. The maximum Gasteiger partial charge on any atom is 0.274 e. The van der Waals surface area contributed by atoms with E-state index < -0.39 is 0 Å². The van der Waals surface area contributed by atoms with Crippen LogP contribution in [0.1, 0.15) is 17.4 Å². The van der Waals surface area contributed by atoms with Crippen LogP contribution in [0.25, 0.3) is 0 Å². The molecule has 1 amide bonds. The van der Waals surface area contributed by atoms with Crippen molar-refractivity contribution < 1.29 is 14.3 Å². The molecule has 0 radical (unpaired) electrons. The molecule has 1 fully saturated rings. The minimum absolute atomic E-state index is 0.308. The van der Waals surface area contributed by atoms with Crippen molar-refractivity contribution in [2.75, 3.05) is 57.2 Å². The van der Waals surface area contributed by atoms with Crippen LogP contribution in [0.2, 0.25) is 0 Å². The number of amides is 1. The van der Waals surface area contributed by atoms with Crippen molar-refractivity contribution in [1.82, 2.24) is 14.9 Å². The standard InChI is InChI=1S/C19H25N5O3/c1-4-23-9-11-24(12-10-23)19-20-8-7-15(22-19)18(25)21-16-13-14(26-2)5-6-17(16)27-3/h5-8,13H,4,9-12H2,1-3H3,(H,21,25). The zero-order valence-electron chi connectivity index (χ0n) is 15.9. The van der Waals surface area contributed by atoms with Crippen molar-refractivity contribution in [1.29, 1.82) is 0 Å². The molecule has 2 heterocycles. The van der Waals surface area contributed by atoms with Crippen LogP contribution >= 0.6 is 0 Å². The Balaban J connectivity index is 1.74. The Hall–Kier alpha value is -2.87. The Labute approximate surface area is 159 Å². The predicted octanol–water partition coefficient (Wildman–Crippen LogP) is 1.89. The molecule has 0 saturated carbocycles. The Kier molecular flexibility index (Phi) is 6.08. The van der Waals surface area contributed by atoms with Gasteiger partial charge in [0.05, 0.1) is 19.9 Å². The zero-order valence-corrected chi connectivity index (χ0v) is 15.9. The first-order valence-electron chi connectivity index (χ1n) is 8.98. The molecular weight excluding hydrogens is 346 g/mol. The number of carbonyl (C=O) groups is 1. The average molecular weight is 371 g/mol. The lowest BCUT2D eigenvalue weighted by atomic mass is 10.2. The van der Waals surface area contributed by atoms with Crippen molar-refractivity contribution in [3.8, 4) is 11.5 Å². The Morgan fingerprint density at radius 1 is 1.15 bits per heavy atom. The normalized spacial score (nSPS) is 14.7. The van der Waals surface area contributed by atoms with Crippen LogP contribution in [0.3, 0.4) is 0 Å². The van der Waals surface area contributed by atoms with Gasteiger partial charge in [0.15, 0.2) is 0 Å². The summed E-state index contributed by atoms with van der Waals surface area (Å²) in [5.41, 5.74) is 0.835. The predicted molar refractivity (Wildman–Crippen MR) is 104 cm³/mol. The fraction of sp³-hybridized carbons (Fsp3) is 0.421. The van der Waals surface area contributed by atoms with Gasteiger partial charge in [0.25, 0.3) is 5.91 Å². The number of nitrogens with one attached hydrogen (secondary N) is 1. The van der Waals surface area contributed by atoms with Gasteiger partial charge in [-0.15, -0.1) is 0 Å². The van der Waals surface area contributed by atoms with Gasteiger partial charge < -0.3 is 24.6 Å². The zero-order chi connectivity index (χ0) is 19.2. The average Bonchev–Trinajstić information content (AvgIpc) is 2.73. The van der Waals surface area contributed by atoms with Gasteiger partial charge >= 0.3 is 0 Å². The molecule has 1 aromatic carbocycles. The van der Waals surface area contributed by atoms with E-state index in [9.17, 15) is 4.79 Å². The minimum Gasteiger partial charge on any atom is -0.497 e. The van der Waals surface area contributed by atoms with Gasteiger partial charge in [0.2, 0.25) is 5.95 Å². The molecular formula is C19H25N5O3. The summed E-state index contributed by atoms with van der Waals surface area (Å²) in [5, 5.41) is 2.84. The van der Waals surface area contributed by atoms with Crippen molar-refractivity contribution >= 4 is 17.5 Å². The van der Waals surface area contributed by atoms with Crippen LogP contribution in [0.15, 0.2) is 30.5 Å². The van der Waals surface area contributed by atoms with Gasteiger partial charge in [0, 0.05) is 38.4 Å². The molecule has 0 bridgehead atoms. The van der Waals surface area contributed by atoms with Gasteiger partial charge in [-0.05, 0) is 24.7 Å². The van der Waals surface area contributed by atoms with Crippen molar-refractivity contribution in [2.45, 2.75) is 6.92 Å². The highest BCUT2D eigenvalue weighted by atomic mass is 16.5. The third kappa shape index (κ3) is 4.46. The highest BCUT2D eigenvalue weighted by Gasteiger charge is 2.19. The lowest BCUT2D eigenvalue weighted by Gasteiger charge is -2.34. The molecule has 0 atom stereocenters. The van der Waals surface area contributed by atoms with Gasteiger partial charge in [-0.3, -0.25) is 4.79 Å². The molecule has 8 heteroatoms. The van der Waals surface area contributed by atoms with Gasteiger partial charge in [-0.1, -0.05) is 6.92 Å². The van der Waals surface area contributed by atoms with Crippen molar-refractivity contribution in [3.05, 3.63) is 36.2 Å². The molecule has 1 aromatic heterocycles. The van der Waals surface area contributed by atoms with E-state index in [1.807, 2.05) is 0 Å². The first kappa shape index (κ1) is 18.9. The first-order chi connectivity index (χ1) is 13.1. The number of ether oxygens (including phenoxy) is 2. The SMILES string of the molecule is CCN1CCN(c2nccc(C(=O)Nc3cc(OC)ccc3OC)n2)CC1. The maximum absolute atomic E-state index is 12.7. The summed E-state index contributed by atoms with van der Waals surface area (Å²) in [5.74, 6) is 1.44. The lowest BCUT2D eigenvalue weighted by molar-refractivity contribution is 0.102. The van der Waals surface area contributed by atoms with Crippen LogP contribution in [0, 0.1) is 0 Å². The van der Waals surface area contributed by atoms with Gasteiger partial charge in [0.1, 0.15) is 17.2 Å². The second kappa shape index (κ2) is 8.68. The molecule has 1 saturated heterocycles. The van der Waals surface area contributed by atoms with E-state index >= 15 is 0 Å². The molecule has 0 unspecified atom stereocenters. The highest BCUT2D eigenvalue weighted by molar-refractivity contribution is 6.03. The molecule has 1 aliphatic heterocycles. The van der Waals surface area contributed by atoms with Gasteiger partial charge in [-0.25, -0.2) is 9.97 Å². The van der Waals surface area contributed by atoms with E-state index in [0.29, 0.717) is 28.8 Å². The van der Waals surface area contributed by atoms with Crippen LogP contribution in [-0.4, -0.2) is 67.7 Å². The topological polar surface area (TPSA) is 79.8 Å². The second-order valence-corrected chi connectivity index (χ2v) is 6.18. The number of benzene rings is 1. The molecule has 8 nitrogen and oxygen atoms in total. The monoisotopic (exact) mass is 371 g/mol. The Morgan fingerprint density at radius 3 is 2.59 bits per heavy atom. The number of aromatic nitrogens is 2. The number of carbonyl (C=O) groups excluding carboxylic acids is 1. The van der Waals surface area contributed by atoms with Crippen LogP contribution in [-0.2, 0) is 0 Å². The summed E-state index contributed by atoms with van der Waals surface area (Å²) in [7, 11) is 3.12. The fourth-order valence-electron chi connectivity index (χ4n) is 2.99. The number of hydrogen-bond acceptors (Lipinski definition) is 7. The van der Waals surface area contributed by atoms with E-state index in [4.69, 9.17) is 9.47 Å². The van der Waals surface area contributed by atoms with Crippen LogP contribution in [0.4, 0.5) is 11.6 Å². The van der Waals surface area contributed by atoms with Crippen LogP contribution < -0.4 is 19.7 Å². The van der Waals surface area contributed by atoms with E-state index in [-0.39, 0.29) is 5.91 Å². The number of hydrogen-bond donors (Lipinski definition) is 1. The number of anilines is 2. The molecule has 1 aliphatic rings. The highest BCUT2D eigenvalue weighted by Crippen LogP contribution is 2.29. The molecule has 0 aliphatic carbocycles. The molecule has 144 valence electrons. The Bertz CT molecular complexity index is 791. The quantitative estimate of drug-likeness (QED) is 0.830. The number of likely N-dealkylation sites (N-methyl/N-ethyl adjacent to an activating group) is 1. The molecule has 27 heavy (non-hydrogen) atoms. The summed E-state index contributed by atoms with van der Waals surface area (Å²) < 4.78 is 10.5. The van der Waals surface area contributed by atoms with Crippen molar-refractivity contribution in [2.24, 2.45) is 0 Å². The van der Waals surface area contributed by atoms with E-state index in [1.165, 1.54) is 0 Å². The number of methoxy groups -OCH3 is 2. The Morgan fingerprint density at radius 2 is 1.93 bits per heavy atom. The fourth-order valence-corrected chi connectivity index (χ4v) is 2.99. The third-order valence-corrected chi connectivity index (χ3v) is 4.63. The molecule has 2 aromatic rings. The first-order valence-corrected chi connectivity index (χ1v) is 8.98. The van der Waals surface area contributed by atoms with Gasteiger partial charge in [-0.2, -0.15) is 0 Å². The van der Waals surface area contributed by atoms with Crippen molar-refractivity contribution in [3.63, 3.8) is 0 Å². The summed E-state index contributed by atoms with van der Waals surface area (Å²) in [6.45, 7) is 6.84. The summed E-state index contributed by atoms with van der Waals surface area (Å²) in [6.07, 6.45) is 1.62. The van der Waals surface area contributed by atoms with E-state index in [0.717, 1.165) is 32.7 Å².